The molecule has 1 aliphatic carbocycles. The summed E-state index contributed by atoms with van der Waals surface area (Å²) in [6.07, 6.45) is 5.62. The van der Waals surface area contributed by atoms with Gasteiger partial charge in [-0.1, -0.05) is 36.6 Å². The van der Waals surface area contributed by atoms with Gasteiger partial charge in [-0.05, 0) is 44.0 Å². The van der Waals surface area contributed by atoms with Crippen molar-refractivity contribution in [3.8, 4) is 11.3 Å². The van der Waals surface area contributed by atoms with E-state index in [0.717, 1.165) is 31.2 Å². The Bertz CT molecular complexity index is 1440. The van der Waals surface area contributed by atoms with Crippen molar-refractivity contribution in [2.75, 3.05) is 10.5 Å². The zero-order valence-electron chi connectivity index (χ0n) is 18.0. The molecule has 2 aromatic heterocycles. The van der Waals surface area contributed by atoms with Crippen LogP contribution in [0.25, 0.3) is 22.3 Å². The number of fused-ring (bicyclic) bond motifs is 1. The minimum atomic E-state index is -3.93. The molecule has 0 spiro atoms. The highest BCUT2D eigenvalue weighted by atomic mass is 32.2. The van der Waals surface area contributed by atoms with Gasteiger partial charge in [0.15, 0.2) is 5.65 Å². The van der Waals surface area contributed by atoms with E-state index >= 15 is 4.39 Å². The van der Waals surface area contributed by atoms with Gasteiger partial charge in [0.1, 0.15) is 23.7 Å². The van der Waals surface area contributed by atoms with E-state index in [2.05, 4.69) is 14.7 Å². The molecular weight excluding hydrogens is 443 g/mol. The second kappa shape index (κ2) is 8.11. The van der Waals surface area contributed by atoms with Gasteiger partial charge >= 0.3 is 0 Å². The number of halogens is 1. The number of aromatic nitrogens is 4. The number of nitrogen functional groups attached to an aromatic ring is 1. The van der Waals surface area contributed by atoms with E-state index in [0.29, 0.717) is 22.3 Å². The largest absolute Gasteiger partial charge is 0.383 e. The zero-order chi connectivity index (χ0) is 23.2. The first-order valence-corrected chi connectivity index (χ1v) is 12.2. The fraction of sp³-hybridized carbons (Fsp3) is 0.261. The summed E-state index contributed by atoms with van der Waals surface area (Å²) in [5.74, 6) is -0.453. The maximum atomic E-state index is 15.0. The Hall–Kier alpha value is -3.53. The maximum absolute atomic E-state index is 15.0. The van der Waals surface area contributed by atoms with E-state index in [1.807, 2.05) is 11.6 Å². The summed E-state index contributed by atoms with van der Waals surface area (Å²) in [5, 5.41) is 5.30. The number of nitrogens with two attached hydrogens (primary N) is 1. The van der Waals surface area contributed by atoms with Gasteiger partial charge in [-0.3, -0.25) is 4.72 Å². The van der Waals surface area contributed by atoms with Gasteiger partial charge in [-0.15, -0.1) is 0 Å². The number of nitrogens with one attached hydrogen (secondary N) is 1. The van der Waals surface area contributed by atoms with Crippen molar-refractivity contribution in [3.63, 3.8) is 0 Å². The van der Waals surface area contributed by atoms with Crippen LogP contribution in [0.4, 0.5) is 15.9 Å². The predicted octanol–water partition coefficient (Wildman–Crippen LogP) is 4.44. The third-order valence-corrected chi connectivity index (χ3v) is 7.39. The number of hydrogen-bond acceptors (Lipinski definition) is 6. The van der Waals surface area contributed by atoms with Crippen LogP contribution in [-0.2, 0) is 10.0 Å². The molecule has 0 radical (unpaired) electrons. The number of hydrogen-bond donors (Lipinski definition) is 2. The van der Waals surface area contributed by atoms with E-state index < -0.39 is 15.8 Å². The Morgan fingerprint density at radius 3 is 2.52 bits per heavy atom. The molecule has 1 fully saturated rings. The van der Waals surface area contributed by atoms with E-state index in [1.54, 1.807) is 18.2 Å². The number of benzene rings is 2. The molecule has 8 nitrogen and oxygen atoms in total. The standard InChI is InChI=1S/C23H23FN6O2S/c1-14-6-9-17(10-7-14)33(31,32)29-19-11-8-15(12-18(19)24)21-20-22(25)26-13-27-23(20)30(28-21)16-4-2-3-5-16/h6-13,16,29H,2-5H2,1H3,(H2,25,26,27). The van der Waals surface area contributed by atoms with Crippen LogP contribution in [0.2, 0.25) is 0 Å². The maximum Gasteiger partial charge on any atom is 0.261 e. The summed E-state index contributed by atoms with van der Waals surface area (Å²) in [6.45, 7) is 1.86. The zero-order valence-corrected chi connectivity index (χ0v) is 18.8. The van der Waals surface area contributed by atoms with Gasteiger partial charge in [0.2, 0.25) is 0 Å². The molecule has 5 rings (SSSR count). The van der Waals surface area contributed by atoms with Crippen molar-refractivity contribution in [1.82, 2.24) is 19.7 Å². The minimum absolute atomic E-state index is 0.0581. The molecule has 0 aliphatic heterocycles. The lowest BCUT2D eigenvalue weighted by Gasteiger charge is -2.11. The molecule has 0 amide bonds. The monoisotopic (exact) mass is 466 g/mol. The van der Waals surface area contributed by atoms with Gasteiger partial charge in [-0.25, -0.2) is 27.5 Å². The lowest BCUT2D eigenvalue weighted by Crippen LogP contribution is -2.14. The lowest BCUT2D eigenvalue weighted by atomic mass is 10.1. The van der Waals surface area contributed by atoms with Crippen molar-refractivity contribution < 1.29 is 12.8 Å². The van der Waals surface area contributed by atoms with Crippen LogP contribution < -0.4 is 10.5 Å². The third kappa shape index (κ3) is 3.91. The Kier molecular flexibility index (Phi) is 5.24. The molecule has 0 unspecified atom stereocenters. The van der Waals surface area contributed by atoms with Gasteiger partial charge in [-0.2, -0.15) is 5.10 Å². The van der Waals surface area contributed by atoms with E-state index in [-0.39, 0.29) is 22.4 Å². The Morgan fingerprint density at radius 2 is 1.82 bits per heavy atom. The molecule has 170 valence electrons. The van der Waals surface area contributed by atoms with Crippen LogP contribution in [0.15, 0.2) is 53.7 Å². The quantitative estimate of drug-likeness (QED) is 0.449. The topological polar surface area (TPSA) is 116 Å². The van der Waals surface area contributed by atoms with Gasteiger partial charge < -0.3 is 5.73 Å². The average molecular weight is 467 g/mol. The average Bonchev–Trinajstić information content (AvgIpc) is 3.44. The number of anilines is 2. The number of nitrogens with zero attached hydrogens (tertiary/aromatic N) is 4. The number of rotatable bonds is 5. The molecule has 33 heavy (non-hydrogen) atoms. The fourth-order valence-electron chi connectivity index (χ4n) is 4.27. The number of aryl methyl sites for hydroxylation is 1. The van der Waals surface area contributed by atoms with Crippen LogP contribution in [0.3, 0.4) is 0 Å². The van der Waals surface area contributed by atoms with E-state index in [1.165, 1.54) is 30.6 Å². The molecule has 10 heteroatoms. The fourth-order valence-corrected chi connectivity index (χ4v) is 5.33. The summed E-state index contributed by atoms with van der Waals surface area (Å²) in [4.78, 5) is 8.53. The Morgan fingerprint density at radius 1 is 1.09 bits per heavy atom. The van der Waals surface area contributed by atoms with Gasteiger partial charge in [0, 0.05) is 5.56 Å². The molecular formula is C23H23FN6O2S. The summed E-state index contributed by atoms with van der Waals surface area (Å²) >= 11 is 0. The van der Waals surface area contributed by atoms with Crippen molar-refractivity contribution >= 4 is 32.6 Å². The van der Waals surface area contributed by atoms with Crippen molar-refractivity contribution in [2.24, 2.45) is 0 Å². The molecule has 1 aliphatic rings. The predicted molar refractivity (Wildman–Crippen MR) is 125 cm³/mol. The van der Waals surface area contributed by atoms with Crippen LogP contribution in [0.1, 0.15) is 37.3 Å². The van der Waals surface area contributed by atoms with Crippen LogP contribution in [0.5, 0.6) is 0 Å². The van der Waals surface area contributed by atoms with Gasteiger partial charge in [0.05, 0.1) is 22.0 Å². The van der Waals surface area contributed by atoms with Gasteiger partial charge in [0.25, 0.3) is 10.0 Å². The summed E-state index contributed by atoms with van der Waals surface area (Å²) < 4.78 is 44.5. The Balaban J connectivity index is 1.53. The molecule has 2 aromatic carbocycles. The molecule has 3 N–H and O–H groups in total. The van der Waals surface area contributed by atoms with Crippen LogP contribution >= 0.6 is 0 Å². The Labute approximate surface area is 190 Å². The molecule has 0 bridgehead atoms. The first-order chi connectivity index (χ1) is 15.8. The SMILES string of the molecule is Cc1ccc(S(=O)(=O)Nc2ccc(-c3nn(C4CCCC4)c4ncnc(N)c34)cc2F)cc1. The first kappa shape index (κ1) is 21.3. The molecule has 4 aromatic rings. The normalized spacial score (nSPS) is 14.7. The lowest BCUT2D eigenvalue weighted by molar-refractivity contribution is 0.479. The first-order valence-electron chi connectivity index (χ1n) is 10.7. The van der Waals surface area contributed by atoms with Crippen molar-refractivity contribution in [3.05, 3.63) is 60.2 Å². The number of sulfonamides is 1. The highest BCUT2D eigenvalue weighted by Crippen LogP contribution is 2.37. The van der Waals surface area contributed by atoms with Crippen LogP contribution in [0, 0.1) is 12.7 Å². The second-order valence-electron chi connectivity index (χ2n) is 8.30. The summed E-state index contributed by atoms with van der Waals surface area (Å²) in [6, 6.07) is 10.8. The summed E-state index contributed by atoms with van der Waals surface area (Å²) in [7, 11) is -3.93. The summed E-state index contributed by atoms with van der Waals surface area (Å²) in [5.41, 5.74) is 8.48. The van der Waals surface area contributed by atoms with E-state index in [4.69, 9.17) is 10.8 Å². The van der Waals surface area contributed by atoms with Crippen LogP contribution in [-0.4, -0.2) is 28.2 Å². The highest BCUT2D eigenvalue weighted by Gasteiger charge is 2.25. The smallest absolute Gasteiger partial charge is 0.261 e. The molecule has 1 saturated carbocycles. The third-order valence-electron chi connectivity index (χ3n) is 6.01. The van der Waals surface area contributed by atoms with Crippen molar-refractivity contribution in [2.45, 2.75) is 43.5 Å². The molecule has 2 heterocycles. The van der Waals surface area contributed by atoms with Crippen molar-refractivity contribution in [1.29, 1.82) is 0 Å². The second-order valence-corrected chi connectivity index (χ2v) is 9.98. The molecule has 0 saturated heterocycles. The highest BCUT2D eigenvalue weighted by molar-refractivity contribution is 7.92. The molecule has 0 atom stereocenters. The van der Waals surface area contributed by atoms with E-state index in [9.17, 15) is 8.42 Å². The minimum Gasteiger partial charge on any atom is -0.383 e.